The van der Waals surface area contributed by atoms with E-state index in [1.807, 2.05) is 10.8 Å². The molecule has 0 bridgehead atoms. The van der Waals surface area contributed by atoms with Crippen LogP contribution in [-0.2, 0) is 6.54 Å². The van der Waals surface area contributed by atoms with E-state index in [1.54, 1.807) is 12.3 Å². The summed E-state index contributed by atoms with van der Waals surface area (Å²) in [6.45, 7) is 7.73. The number of halogens is 2. The Labute approximate surface area is 157 Å². The number of carbonyl (C=O) groups excluding carboxylic acids is 1. The predicted octanol–water partition coefficient (Wildman–Crippen LogP) is 4.40. The molecule has 0 aliphatic carbocycles. The van der Waals surface area contributed by atoms with Gasteiger partial charge in [0.15, 0.2) is 10.9 Å². The molecule has 1 aromatic carbocycles. The SMILES string of the molecule is CCN(CC)CCn1cc(C(=O)c2ccc(F)cc2)c2ccnc(Cl)c21. The standard InChI is InChI=1S/C20H21ClFN3O/c1-3-24(4-2)11-12-25-13-17(16-9-10-23-20(21)18(16)25)19(26)14-5-7-15(22)8-6-14/h5-10,13H,3-4,11-12H2,1-2H3. The summed E-state index contributed by atoms with van der Waals surface area (Å²) in [6.07, 6.45) is 3.42. The van der Waals surface area contributed by atoms with Crippen LogP contribution in [0.5, 0.6) is 0 Å². The van der Waals surface area contributed by atoms with E-state index >= 15 is 0 Å². The fourth-order valence-electron chi connectivity index (χ4n) is 3.11. The number of hydrogen-bond acceptors (Lipinski definition) is 3. The third-order valence-electron chi connectivity index (χ3n) is 4.64. The maximum Gasteiger partial charge on any atom is 0.195 e. The number of rotatable bonds is 7. The average molecular weight is 374 g/mol. The van der Waals surface area contributed by atoms with Crippen LogP contribution in [0.2, 0.25) is 5.15 Å². The summed E-state index contributed by atoms with van der Waals surface area (Å²) in [7, 11) is 0. The second-order valence-corrected chi connectivity index (χ2v) is 6.46. The van der Waals surface area contributed by atoms with Crippen molar-refractivity contribution >= 4 is 28.3 Å². The van der Waals surface area contributed by atoms with Crippen LogP contribution in [0.25, 0.3) is 10.9 Å². The van der Waals surface area contributed by atoms with E-state index in [1.165, 1.54) is 24.3 Å². The van der Waals surface area contributed by atoms with Gasteiger partial charge >= 0.3 is 0 Å². The Bertz CT molecular complexity index is 917. The summed E-state index contributed by atoms with van der Waals surface area (Å²) >= 11 is 6.32. The summed E-state index contributed by atoms with van der Waals surface area (Å²) in [5.41, 5.74) is 1.75. The van der Waals surface area contributed by atoms with E-state index < -0.39 is 0 Å². The highest BCUT2D eigenvalue weighted by Crippen LogP contribution is 2.28. The van der Waals surface area contributed by atoms with Crippen molar-refractivity contribution in [3.8, 4) is 0 Å². The molecule has 2 heterocycles. The van der Waals surface area contributed by atoms with Crippen molar-refractivity contribution in [3.63, 3.8) is 0 Å². The van der Waals surface area contributed by atoms with Gasteiger partial charge < -0.3 is 9.47 Å². The van der Waals surface area contributed by atoms with Gasteiger partial charge in [-0.3, -0.25) is 4.79 Å². The van der Waals surface area contributed by atoms with Gasteiger partial charge in [-0.1, -0.05) is 25.4 Å². The van der Waals surface area contributed by atoms with Crippen molar-refractivity contribution in [2.75, 3.05) is 19.6 Å². The van der Waals surface area contributed by atoms with Crippen molar-refractivity contribution in [2.45, 2.75) is 20.4 Å². The zero-order valence-corrected chi connectivity index (χ0v) is 15.6. The minimum atomic E-state index is -0.365. The molecule has 0 N–H and O–H groups in total. The van der Waals surface area contributed by atoms with E-state index in [2.05, 4.69) is 23.7 Å². The van der Waals surface area contributed by atoms with E-state index in [4.69, 9.17) is 11.6 Å². The van der Waals surface area contributed by atoms with Gasteiger partial charge in [0.25, 0.3) is 0 Å². The highest BCUT2D eigenvalue weighted by atomic mass is 35.5. The summed E-state index contributed by atoms with van der Waals surface area (Å²) in [4.78, 5) is 19.4. The first-order valence-electron chi connectivity index (χ1n) is 8.71. The Balaban J connectivity index is 2.02. The maximum atomic E-state index is 13.2. The third kappa shape index (κ3) is 3.64. The van der Waals surface area contributed by atoms with Gasteiger partial charge in [0.05, 0.1) is 5.52 Å². The molecule has 0 atom stereocenters. The smallest absolute Gasteiger partial charge is 0.195 e. The van der Waals surface area contributed by atoms with Crippen LogP contribution < -0.4 is 0 Å². The molecule has 0 saturated heterocycles. The lowest BCUT2D eigenvalue weighted by Crippen LogP contribution is -2.26. The molecule has 3 aromatic rings. The first kappa shape index (κ1) is 18.5. The van der Waals surface area contributed by atoms with Crippen LogP contribution in [0.15, 0.2) is 42.7 Å². The van der Waals surface area contributed by atoms with E-state index in [-0.39, 0.29) is 11.6 Å². The molecule has 0 aliphatic rings. The van der Waals surface area contributed by atoms with Gasteiger partial charge in [-0.25, -0.2) is 9.37 Å². The number of nitrogens with zero attached hydrogens (tertiary/aromatic N) is 3. The Kier molecular flexibility index (Phi) is 5.69. The second kappa shape index (κ2) is 7.98. The first-order chi connectivity index (χ1) is 12.5. The fourth-order valence-corrected chi connectivity index (χ4v) is 3.38. The third-order valence-corrected chi connectivity index (χ3v) is 4.92. The molecule has 0 unspecified atom stereocenters. The molecule has 0 spiro atoms. The molecular weight excluding hydrogens is 353 g/mol. The number of carbonyl (C=O) groups is 1. The zero-order chi connectivity index (χ0) is 18.7. The molecule has 0 saturated carbocycles. The van der Waals surface area contributed by atoms with Crippen LogP contribution in [0.4, 0.5) is 4.39 Å². The van der Waals surface area contributed by atoms with Crippen LogP contribution in [0.3, 0.4) is 0 Å². The molecule has 2 aromatic heterocycles. The molecule has 0 radical (unpaired) electrons. The van der Waals surface area contributed by atoms with Crippen LogP contribution >= 0.6 is 11.6 Å². The Morgan fingerprint density at radius 3 is 2.54 bits per heavy atom. The summed E-state index contributed by atoms with van der Waals surface area (Å²) in [5, 5.41) is 1.14. The Morgan fingerprint density at radius 2 is 1.88 bits per heavy atom. The van der Waals surface area contributed by atoms with E-state index in [9.17, 15) is 9.18 Å². The van der Waals surface area contributed by atoms with Crippen molar-refractivity contribution < 1.29 is 9.18 Å². The number of ketones is 1. The molecule has 3 rings (SSSR count). The Hall–Kier alpha value is -2.24. The molecule has 6 heteroatoms. The van der Waals surface area contributed by atoms with Gasteiger partial charge in [0, 0.05) is 42.0 Å². The van der Waals surface area contributed by atoms with Crippen molar-refractivity contribution in [1.82, 2.24) is 14.5 Å². The van der Waals surface area contributed by atoms with E-state index in [0.717, 1.165) is 30.5 Å². The largest absolute Gasteiger partial charge is 0.343 e. The minimum absolute atomic E-state index is 0.154. The van der Waals surface area contributed by atoms with Crippen LogP contribution in [0, 0.1) is 5.82 Å². The lowest BCUT2D eigenvalue weighted by Gasteiger charge is -2.18. The zero-order valence-electron chi connectivity index (χ0n) is 14.9. The Morgan fingerprint density at radius 1 is 1.19 bits per heavy atom. The number of aromatic nitrogens is 2. The molecule has 136 valence electrons. The summed E-state index contributed by atoms with van der Waals surface area (Å²) in [5.74, 6) is -0.519. The van der Waals surface area contributed by atoms with Gasteiger partial charge in [0.2, 0.25) is 0 Å². The van der Waals surface area contributed by atoms with Crippen molar-refractivity contribution in [3.05, 3.63) is 64.8 Å². The van der Waals surface area contributed by atoms with Gasteiger partial charge in [-0.05, 0) is 43.4 Å². The normalized spacial score (nSPS) is 11.4. The monoisotopic (exact) mass is 373 g/mol. The highest BCUT2D eigenvalue weighted by molar-refractivity contribution is 6.34. The first-order valence-corrected chi connectivity index (χ1v) is 9.08. The topological polar surface area (TPSA) is 38.1 Å². The van der Waals surface area contributed by atoms with Crippen molar-refractivity contribution in [2.24, 2.45) is 0 Å². The van der Waals surface area contributed by atoms with Crippen molar-refractivity contribution in [1.29, 1.82) is 0 Å². The molecule has 4 nitrogen and oxygen atoms in total. The van der Waals surface area contributed by atoms with Gasteiger partial charge in [0.1, 0.15) is 5.82 Å². The second-order valence-electron chi connectivity index (χ2n) is 6.10. The summed E-state index contributed by atoms with van der Waals surface area (Å²) < 4.78 is 15.1. The van der Waals surface area contributed by atoms with Gasteiger partial charge in [-0.2, -0.15) is 0 Å². The predicted molar refractivity (Wildman–Crippen MR) is 102 cm³/mol. The molecular formula is C20H21ClFN3O. The summed E-state index contributed by atoms with van der Waals surface area (Å²) in [6, 6.07) is 7.38. The minimum Gasteiger partial charge on any atom is -0.343 e. The highest BCUT2D eigenvalue weighted by Gasteiger charge is 2.19. The van der Waals surface area contributed by atoms with Crippen LogP contribution in [0.1, 0.15) is 29.8 Å². The molecule has 0 aliphatic heterocycles. The molecule has 0 fully saturated rings. The number of hydrogen-bond donors (Lipinski definition) is 0. The van der Waals surface area contributed by atoms with Gasteiger partial charge in [-0.15, -0.1) is 0 Å². The lowest BCUT2D eigenvalue weighted by molar-refractivity contribution is 0.104. The number of fused-ring (bicyclic) bond motifs is 1. The number of pyridine rings is 1. The molecule has 26 heavy (non-hydrogen) atoms. The molecule has 0 amide bonds. The van der Waals surface area contributed by atoms with E-state index in [0.29, 0.717) is 22.8 Å². The lowest BCUT2D eigenvalue weighted by atomic mass is 10.0. The number of benzene rings is 1. The maximum absolute atomic E-state index is 13.2. The number of likely N-dealkylation sites (N-methyl/N-ethyl adjacent to an activating group) is 1. The average Bonchev–Trinajstić information content (AvgIpc) is 3.03. The van der Waals surface area contributed by atoms with Crippen LogP contribution in [-0.4, -0.2) is 39.9 Å². The fraction of sp³-hybridized carbons (Fsp3) is 0.300. The quantitative estimate of drug-likeness (QED) is 0.455.